The van der Waals surface area contributed by atoms with E-state index in [9.17, 15) is 9.59 Å². The highest BCUT2D eigenvalue weighted by Crippen LogP contribution is 2.43. The summed E-state index contributed by atoms with van der Waals surface area (Å²) in [7, 11) is 3.63. The van der Waals surface area contributed by atoms with E-state index in [1.807, 2.05) is 14.1 Å². The molecule has 0 aliphatic rings. The van der Waals surface area contributed by atoms with Gasteiger partial charge in [0, 0.05) is 30.2 Å². The van der Waals surface area contributed by atoms with Gasteiger partial charge in [0.05, 0.1) is 17.8 Å². The van der Waals surface area contributed by atoms with Crippen molar-refractivity contribution in [3.63, 3.8) is 0 Å². The number of nitrogens with zero attached hydrogens (tertiary/aromatic N) is 2. The van der Waals surface area contributed by atoms with Gasteiger partial charge >= 0.3 is 5.97 Å². The normalized spacial score (nSPS) is 10.8. The highest BCUT2D eigenvalue weighted by Gasteiger charge is 2.26. The lowest BCUT2D eigenvalue weighted by Crippen LogP contribution is -2.08. The van der Waals surface area contributed by atoms with E-state index in [1.54, 1.807) is 42.4 Å². The van der Waals surface area contributed by atoms with Gasteiger partial charge in [0.1, 0.15) is 10.6 Å². The van der Waals surface area contributed by atoms with E-state index in [0.717, 1.165) is 11.3 Å². The summed E-state index contributed by atoms with van der Waals surface area (Å²) in [4.78, 5) is 30.5. The largest absolute Gasteiger partial charge is 0.462 e. The Bertz CT molecular complexity index is 784. The zero-order chi connectivity index (χ0) is 17.7. The van der Waals surface area contributed by atoms with Crippen LogP contribution in [0.4, 0.5) is 5.00 Å². The third-order valence-electron chi connectivity index (χ3n) is 3.05. The van der Waals surface area contributed by atoms with Gasteiger partial charge < -0.3 is 9.64 Å². The number of hydrogen-bond acceptors (Lipinski definition) is 5. The van der Waals surface area contributed by atoms with Crippen molar-refractivity contribution in [3.8, 4) is 11.1 Å². The number of ether oxygens (including phenoxy) is 1. The Kier molecular flexibility index (Phi) is 6.11. The van der Waals surface area contributed by atoms with E-state index >= 15 is 0 Å². The topological polar surface area (TPSA) is 59.0 Å². The van der Waals surface area contributed by atoms with Gasteiger partial charge in [-0.2, -0.15) is 0 Å². The third kappa shape index (κ3) is 3.83. The van der Waals surface area contributed by atoms with E-state index in [2.05, 4.69) is 4.99 Å². The average Bonchev–Trinajstić information content (AvgIpc) is 2.92. The van der Waals surface area contributed by atoms with E-state index in [4.69, 9.17) is 16.3 Å². The summed E-state index contributed by atoms with van der Waals surface area (Å²) in [6.07, 6.45) is 2.28. The molecule has 7 heteroatoms. The molecular formula is C17H17ClN2O3S. The first-order chi connectivity index (χ1) is 11.5. The van der Waals surface area contributed by atoms with E-state index in [-0.39, 0.29) is 12.2 Å². The molecule has 0 spiro atoms. The molecule has 1 aromatic heterocycles. The van der Waals surface area contributed by atoms with Gasteiger partial charge in [-0.05, 0) is 13.0 Å². The van der Waals surface area contributed by atoms with Gasteiger partial charge in [0.2, 0.25) is 0 Å². The fourth-order valence-corrected chi connectivity index (χ4v) is 3.29. The van der Waals surface area contributed by atoms with Crippen molar-refractivity contribution in [1.29, 1.82) is 0 Å². The monoisotopic (exact) mass is 364 g/mol. The first-order valence-electron chi connectivity index (χ1n) is 7.24. The number of halogens is 1. The van der Waals surface area contributed by atoms with Crippen LogP contribution in [0, 0.1) is 0 Å². The predicted octanol–water partition coefficient (Wildman–Crippen LogP) is 4.28. The molecular weight excluding hydrogens is 348 g/mol. The van der Waals surface area contributed by atoms with Crippen LogP contribution in [0.3, 0.4) is 0 Å². The molecule has 0 amide bonds. The van der Waals surface area contributed by atoms with Crippen LogP contribution in [-0.4, -0.2) is 44.2 Å². The molecule has 2 rings (SSSR count). The minimum absolute atomic E-state index is 0.226. The molecule has 24 heavy (non-hydrogen) atoms. The molecule has 0 bridgehead atoms. The number of benzene rings is 1. The Hall–Kier alpha value is -2.18. The number of thiophene rings is 1. The highest BCUT2D eigenvalue weighted by molar-refractivity contribution is 7.18. The third-order valence-corrected chi connectivity index (χ3v) is 4.41. The lowest BCUT2D eigenvalue weighted by atomic mass is 10.0. The SMILES string of the molecule is CCOC(=O)c1c(/N=C/N(C)C)sc(C=O)c1-c1ccccc1Cl. The maximum absolute atomic E-state index is 12.5. The summed E-state index contributed by atoms with van der Waals surface area (Å²) in [5.74, 6) is -0.525. The van der Waals surface area contributed by atoms with Crippen LogP contribution in [0.2, 0.25) is 5.02 Å². The fraction of sp³-hybridized carbons (Fsp3) is 0.235. The van der Waals surface area contributed by atoms with E-state index in [1.165, 1.54) is 0 Å². The molecule has 0 atom stereocenters. The van der Waals surface area contributed by atoms with Gasteiger partial charge in [-0.15, -0.1) is 11.3 Å². The molecule has 0 aliphatic carbocycles. The molecule has 1 aromatic carbocycles. The minimum Gasteiger partial charge on any atom is -0.462 e. The first-order valence-corrected chi connectivity index (χ1v) is 8.43. The van der Waals surface area contributed by atoms with Crippen LogP contribution < -0.4 is 0 Å². The summed E-state index contributed by atoms with van der Waals surface area (Å²) < 4.78 is 5.16. The van der Waals surface area contributed by atoms with Crippen molar-refractivity contribution >= 4 is 46.5 Å². The summed E-state index contributed by atoms with van der Waals surface area (Å²) in [5, 5.41) is 0.867. The zero-order valence-corrected chi connectivity index (χ0v) is 15.1. The van der Waals surface area contributed by atoms with Crippen LogP contribution in [0.15, 0.2) is 29.3 Å². The van der Waals surface area contributed by atoms with E-state index in [0.29, 0.717) is 32.3 Å². The second-order valence-corrected chi connectivity index (χ2v) is 6.49. The van der Waals surface area contributed by atoms with Crippen LogP contribution in [0.1, 0.15) is 27.0 Å². The maximum Gasteiger partial charge on any atom is 0.341 e. The molecule has 0 saturated heterocycles. The van der Waals surface area contributed by atoms with Crippen LogP contribution in [0.5, 0.6) is 0 Å². The van der Waals surface area contributed by atoms with Gasteiger partial charge in [0.25, 0.3) is 0 Å². The summed E-state index contributed by atoms with van der Waals surface area (Å²) in [6, 6.07) is 7.06. The quantitative estimate of drug-likeness (QED) is 0.332. The van der Waals surface area contributed by atoms with E-state index < -0.39 is 5.97 Å². The Balaban J connectivity index is 2.74. The lowest BCUT2D eigenvalue weighted by molar-refractivity contribution is 0.0529. The first kappa shape index (κ1) is 18.2. The second kappa shape index (κ2) is 8.08. The molecule has 0 saturated carbocycles. The predicted molar refractivity (Wildman–Crippen MR) is 97.9 cm³/mol. The second-order valence-electron chi connectivity index (χ2n) is 5.05. The van der Waals surface area contributed by atoms with Gasteiger partial charge in [-0.1, -0.05) is 29.8 Å². The number of esters is 1. The number of hydrogen-bond donors (Lipinski definition) is 0. The maximum atomic E-state index is 12.5. The molecule has 0 aliphatic heterocycles. The zero-order valence-electron chi connectivity index (χ0n) is 13.6. The Labute approximate surface area is 149 Å². The number of aldehydes is 1. The van der Waals surface area contributed by atoms with Crippen LogP contribution in [0.25, 0.3) is 11.1 Å². The van der Waals surface area contributed by atoms with Crippen molar-refractivity contribution in [3.05, 3.63) is 39.7 Å². The Morgan fingerprint density at radius 1 is 1.38 bits per heavy atom. The minimum atomic E-state index is -0.525. The number of rotatable bonds is 6. The molecule has 0 N–H and O–H groups in total. The molecule has 0 radical (unpaired) electrons. The lowest BCUT2D eigenvalue weighted by Gasteiger charge is -2.08. The van der Waals surface area contributed by atoms with Crippen LogP contribution >= 0.6 is 22.9 Å². The summed E-state index contributed by atoms with van der Waals surface area (Å²) in [6.45, 7) is 1.95. The molecule has 1 heterocycles. The standard InChI is InChI=1S/C17H17ClN2O3S/c1-4-23-17(22)15-14(11-7-5-6-8-12(11)18)13(9-21)24-16(15)19-10-20(2)3/h5-10H,4H2,1-3H3/b19-10+. The Morgan fingerprint density at radius 2 is 2.08 bits per heavy atom. The number of carbonyl (C=O) groups is 2. The van der Waals surface area contributed by atoms with Crippen molar-refractivity contribution in [2.75, 3.05) is 20.7 Å². The number of aliphatic imine (C=N–C) groups is 1. The highest BCUT2D eigenvalue weighted by atomic mass is 35.5. The average molecular weight is 365 g/mol. The smallest absolute Gasteiger partial charge is 0.341 e. The molecule has 5 nitrogen and oxygen atoms in total. The summed E-state index contributed by atoms with van der Waals surface area (Å²) >= 11 is 7.40. The van der Waals surface area contributed by atoms with Crippen molar-refractivity contribution in [2.45, 2.75) is 6.92 Å². The molecule has 0 unspecified atom stereocenters. The van der Waals surface area contributed by atoms with Crippen LogP contribution in [-0.2, 0) is 4.74 Å². The van der Waals surface area contributed by atoms with Gasteiger partial charge in [-0.25, -0.2) is 9.79 Å². The van der Waals surface area contributed by atoms with Crippen molar-refractivity contribution < 1.29 is 14.3 Å². The van der Waals surface area contributed by atoms with Gasteiger partial charge in [0.15, 0.2) is 6.29 Å². The fourth-order valence-electron chi connectivity index (χ4n) is 2.10. The van der Waals surface area contributed by atoms with Crippen molar-refractivity contribution in [1.82, 2.24) is 4.90 Å². The summed E-state index contributed by atoms with van der Waals surface area (Å²) in [5.41, 5.74) is 1.33. The Morgan fingerprint density at radius 3 is 2.67 bits per heavy atom. The molecule has 126 valence electrons. The van der Waals surface area contributed by atoms with Crippen molar-refractivity contribution in [2.24, 2.45) is 4.99 Å². The number of carbonyl (C=O) groups excluding carboxylic acids is 2. The molecule has 0 fully saturated rings. The van der Waals surface area contributed by atoms with Gasteiger partial charge in [-0.3, -0.25) is 4.79 Å². The molecule has 2 aromatic rings.